The molecule has 3 rings (SSSR count). The molecule has 0 atom stereocenters. The highest BCUT2D eigenvalue weighted by Gasteiger charge is 2.10. The molecule has 0 radical (unpaired) electrons. The van der Waals surface area contributed by atoms with Gasteiger partial charge in [-0.3, -0.25) is 4.79 Å². The number of carbonyl (C=O) groups is 1. The van der Waals surface area contributed by atoms with Crippen molar-refractivity contribution in [1.29, 1.82) is 0 Å². The van der Waals surface area contributed by atoms with Gasteiger partial charge < -0.3 is 9.72 Å². The third-order valence-electron chi connectivity index (χ3n) is 3.28. The third kappa shape index (κ3) is 3.09. The number of carbonyl (C=O) groups excluding carboxylic acids is 1. The van der Waals surface area contributed by atoms with Gasteiger partial charge in [-0.1, -0.05) is 17.7 Å². The van der Waals surface area contributed by atoms with Crippen LogP contribution in [0.5, 0.6) is 0 Å². The smallest absolute Gasteiger partial charge is 0.230 e. The van der Waals surface area contributed by atoms with Gasteiger partial charge in [0.1, 0.15) is 11.5 Å². The molecule has 0 aliphatic carbocycles. The number of aromatic nitrogens is 2. The van der Waals surface area contributed by atoms with Crippen LogP contribution in [0.25, 0.3) is 5.65 Å². The second kappa shape index (κ2) is 5.77. The fourth-order valence-electron chi connectivity index (χ4n) is 2.19. The Kier molecular flexibility index (Phi) is 3.81. The number of nitrogens with zero attached hydrogens (tertiary/aromatic N) is 2. The summed E-state index contributed by atoms with van der Waals surface area (Å²) in [6.07, 6.45) is 3.07. The predicted octanol–water partition coefficient (Wildman–Crippen LogP) is 3.62. The van der Waals surface area contributed by atoms with Crippen molar-refractivity contribution in [2.45, 2.75) is 13.3 Å². The molecule has 0 spiro atoms. The molecule has 0 unspecified atom stereocenters. The van der Waals surface area contributed by atoms with Crippen molar-refractivity contribution in [2.75, 3.05) is 5.32 Å². The summed E-state index contributed by atoms with van der Waals surface area (Å²) in [5.74, 6) is -0.551. The fourth-order valence-corrected chi connectivity index (χ4v) is 2.36. The zero-order valence-electron chi connectivity index (χ0n) is 11.8. The topological polar surface area (TPSA) is 46.4 Å². The molecule has 0 saturated carbocycles. The van der Waals surface area contributed by atoms with Gasteiger partial charge in [-0.2, -0.15) is 0 Å². The van der Waals surface area contributed by atoms with Crippen LogP contribution in [0, 0.1) is 12.7 Å². The van der Waals surface area contributed by atoms with E-state index >= 15 is 0 Å². The summed E-state index contributed by atoms with van der Waals surface area (Å²) < 4.78 is 14.7. The Morgan fingerprint density at radius 3 is 2.95 bits per heavy atom. The van der Waals surface area contributed by atoms with Crippen LogP contribution in [-0.2, 0) is 11.2 Å². The van der Waals surface area contributed by atoms with Crippen LogP contribution in [-0.4, -0.2) is 15.3 Å². The second-order valence-corrected chi connectivity index (χ2v) is 5.47. The van der Waals surface area contributed by atoms with Crippen molar-refractivity contribution in [2.24, 2.45) is 0 Å². The summed E-state index contributed by atoms with van der Waals surface area (Å²) in [4.78, 5) is 16.4. The van der Waals surface area contributed by atoms with E-state index in [4.69, 9.17) is 11.6 Å². The maximum absolute atomic E-state index is 13.1. The van der Waals surface area contributed by atoms with E-state index in [1.165, 1.54) is 12.3 Å². The van der Waals surface area contributed by atoms with Crippen molar-refractivity contribution in [3.8, 4) is 0 Å². The predicted molar refractivity (Wildman–Crippen MR) is 83.7 cm³/mol. The zero-order valence-corrected chi connectivity index (χ0v) is 12.6. The summed E-state index contributed by atoms with van der Waals surface area (Å²) in [5, 5.41) is 3.37. The van der Waals surface area contributed by atoms with E-state index in [0.29, 0.717) is 22.1 Å². The highest BCUT2D eigenvalue weighted by Crippen LogP contribution is 2.20. The fraction of sp³-hybridized carbons (Fsp3) is 0.125. The van der Waals surface area contributed by atoms with E-state index < -0.39 is 0 Å². The van der Waals surface area contributed by atoms with E-state index in [0.717, 1.165) is 5.56 Å². The number of pyridine rings is 1. The van der Waals surface area contributed by atoms with Crippen LogP contribution in [0.3, 0.4) is 0 Å². The van der Waals surface area contributed by atoms with Crippen LogP contribution >= 0.6 is 11.6 Å². The van der Waals surface area contributed by atoms with Crippen molar-refractivity contribution < 1.29 is 9.18 Å². The van der Waals surface area contributed by atoms with Crippen LogP contribution in [0.15, 0.2) is 42.7 Å². The van der Waals surface area contributed by atoms with E-state index in [9.17, 15) is 9.18 Å². The molecule has 0 bridgehead atoms. The molecular formula is C16H13ClFN3O. The summed E-state index contributed by atoms with van der Waals surface area (Å²) in [6, 6.07) is 8.21. The molecule has 3 aromatic rings. The van der Waals surface area contributed by atoms with Gasteiger partial charge in [0.2, 0.25) is 5.91 Å². The zero-order chi connectivity index (χ0) is 15.7. The Hall–Kier alpha value is -2.40. The molecule has 4 nitrogen and oxygen atoms in total. The monoisotopic (exact) mass is 317 g/mol. The first-order valence-electron chi connectivity index (χ1n) is 6.70. The lowest BCUT2D eigenvalue weighted by molar-refractivity contribution is -0.115. The normalized spacial score (nSPS) is 10.9. The SMILES string of the molecule is Cc1ccc(Cl)cc1NC(=O)Cc1cn2cc(F)ccc2n1. The molecule has 0 aliphatic heterocycles. The minimum atomic E-state index is -0.351. The first-order valence-corrected chi connectivity index (χ1v) is 7.08. The van der Waals surface area contributed by atoms with Gasteiger partial charge in [-0.15, -0.1) is 0 Å². The first-order chi connectivity index (χ1) is 10.5. The maximum atomic E-state index is 13.1. The highest BCUT2D eigenvalue weighted by molar-refractivity contribution is 6.31. The molecule has 0 fully saturated rings. The largest absolute Gasteiger partial charge is 0.325 e. The standard InChI is InChI=1S/C16H13ClFN3O/c1-10-2-3-11(17)6-14(10)20-16(22)7-13-9-21-8-12(18)4-5-15(21)19-13/h2-6,8-9H,7H2,1H3,(H,20,22). The number of benzene rings is 1. The van der Waals surface area contributed by atoms with Crippen LogP contribution in [0.1, 0.15) is 11.3 Å². The van der Waals surface area contributed by atoms with Crippen molar-refractivity contribution in [3.05, 3.63) is 64.8 Å². The number of halogens is 2. The third-order valence-corrected chi connectivity index (χ3v) is 3.52. The number of aryl methyl sites for hydroxylation is 1. The maximum Gasteiger partial charge on any atom is 0.230 e. The molecule has 6 heteroatoms. The lowest BCUT2D eigenvalue weighted by Gasteiger charge is -2.07. The molecular weight excluding hydrogens is 305 g/mol. The molecule has 0 saturated heterocycles. The average Bonchev–Trinajstić information content (AvgIpc) is 2.84. The molecule has 22 heavy (non-hydrogen) atoms. The minimum Gasteiger partial charge on any atom is -0.325 e. The first kappa shape index (κ1) is 14.5. The van der Waals surface area contributed by atoms with Gasteiger partial charge in [0.15, 0.2) is 0 Å². The summed E-state index contributed by atoms with van der Waals surface area (Å²) >= 11 is 5.93. The number of imidazole rings is 1. The van der Waals surface area contributed by atoms with Gasteiger partial charge in [-0.05, 0) is 36.8 Å². The summed E-state index contributed by atoms with van der Waals surface area (Å²) in [5.41, 5.74) is 2.77. The summed E-state index contributed by atoms with van der Waals surface area (Å²) in [7, 11) is 0. The minimum absolute atomic E-state index is 0.106. The van der Waals surface area contributed by atoms with E-state index in [1.54, 1.807) is 28.8 Å². The molecule has 1 amide bonds. The quantitative estimate of drug-likeness (QED) is 0.802. The van der Waals surface area contributed by atoms with E-state index in [1.807, 2.05) is 13.0 Å². The number of anilines is 1. The van der Waals surface area contributed by atoms with Gasteiger partial charge in [-0.25, -0.2) is 9.37 Å². The number of fused-ring (bicyclic) bond motifs is 1. The Morgan fingerprint density at radius 1 is 1.32 bits per heavy atom. The highest BCUT2D eigenvalue weighted by atomic mass is 35.5. The number of hydrogen-bond donors (Lipinski definition) is 1. The number of amides is 1. The van der Waals surface area contributed by atoms with E-state index in [-0.39, 0.29) is 18.1 Å². The molecule has 2 aromatic heterocycles. The lowest BCUT2D eigenvalue weighted by Crippen LogP contribution is -2.15. The molecule has 2 heterocycles. The molecule has 1 aromatic carbocycles. The lowest BCUT2D eigenvalue weighted by atomic mass is 10.2. The van der Waals surface area contributed by atoms with Gasteiger partial charge in [0.25, 0.3) is 0 Å². The van der Waals surface area contributed by atoms with Crippen LogP contribution < -0.4 is 5.32 Å². The molecule has 112 valence electrons. The van der Waals surface area contributed by atoms with Gasteiger partial charge >= 0.3 is 0 Å². The Morgan fingerprint density at radius 2 is 2.14 bits per heavy atom. The Bertz CT molecular complexity index is 860. The van der Waals surface area contributed by atoms with Crippen LogP contribution in [0.2, 0.25) is 5.02 Å². The van der Waals surface area contributed by atoms with Crippen molar-refractivity contribution >= 4 is 28.8 Å². The molecule has 1 N–H and O–H groups in total. The Balaban J connectivity index is 1.76. The van der Waals surface area contributed by atoms with Crippen molar-refractivity contribution in [1.82, 2.24) is 9.38 Å². The number of nitrogens with one attached hydrogen (secondary N) is 1. The van der Waals surface area contributed by atoms with E-state index in [2.05, 4.69) is 10.3 Å². The van der Waals surface area contributed by atoms with Gasteiger partial charge in [0, 0.05) is 23.1 Å². The second-order valence-electron chi connectivity index (χ2n) is 5.03. The summed E-state index contributed by atoms with van der Waals surface area (Å²) in [6.45, 7) is 1.89. The van der Waals surface area contributed by atoms with Gasteiger partial charge in [0.05, 0.1) is 12.1 Å². The van der Waals surface area contributed by atoms with Crippen molar-refractivity contribution in [3.63, 3.8) is 0 Å². The average molecular weight is 318 g/mol. The molecule has 0 aliphatic rings. The Labute approximate surface area is 131 Å². The van der Waals surface area contributed by atoms with Crippen LogP contribution in [0.4, 0.5) is 10.1 Å². The number of rotatable bonds is 3. The number of hydrogen-bond acceptors (Lipinski definition) is 2.